The van der Waals surface area contributed by atoms with Gasteiger partial charge in [-0.2, -0.15) is 0 Å². The summed E-state index contributed by atoms with van der Waals surface area (Å²) in [5.74, 6) is 0.0857. The fourth-order valence-corrected chi connectivity index (χ4v) is 4.69. The third-order valence-corrected chi connectivity index (χ3v) is 7.05. The van der Waals surface area contributed by atoms with E-state index in [1.807, 2.05) is 20.8 Å². The van der Waals surface area contributed by atoms with Crippen LogP contribution in [0, 0.1) is 5.92 Å². The van der Waals surface area contributed by atoms with Crippen molar-refractivity contribution in [3.63, 3.8) is 0 Å². The summed E-state index contributed by atoms with van der Waals surface area (Å²) in [5.41, 5.74) is 0.934. The first kappa shape index (κ1) is 30.2. The average molecular weight is 554 g/mol. The van der Waals surface area contributed by atoms with Gasteiger partial charge in [-0.15, -0.1) is 0 Å². The summed E-state index contributed by atoms with van der Waals surface area (Å²) < 4.78 is 37.2. The Morgan fingerprint density at radius 2 is 1.70 bits per heavy atom. The smallest absolute Gasteiger partial charge is 0.244 e. The molecule has 0 aliphatic rings. The molecule has 0 aliphatic heterocycles. The highest BCUT2D eigenvalue weighted by Gasteiger charge is 2.32. The Balaban J connectivity index is 2.48. The van der Waals surface area contributed by atoms with Crippen molar-refractivity contribution in [1.29, 1.82) is 0 Å². The van der Waals surface area contributed by atoms with Crippen LogP contribution >= 0.6 is 11.6 Å². The summed E-state index contributed by atoms with van der Waals surface area (Å²) in [5, 5.41) is 3.43. The van der Waals surface area contributed by atoms with E-state index in [1.54, 1.807) is 30.3 Å². The van der Waals surface area contributed by atoms with Crippen LogP contribution in [-0.2, 0) is 26.2 Å². The monoisotopic (exact) mass is 553 g/mol. The van der Waals surface area contributed by atoms with Crippen molar-refractivity contribution < 1.29 is 27.5 Å². The Labute approximate surface area is 224 Å². The number of nitrogens with one attached hydrogen (secondary N) is 1. The number of carbonyl (C=O) groups is 2. The zero-order valence-corrected chi connectivity index (χ0v) is 23.7. The lowest BCUT2D eigenvalue weighted by molar-refractivity contribution is -0.140. The lowest BCUT2D eigenvalue weighted by Crippen LogP contribution is -2.52. The Morgan fingerprint density at radius 1 is 1.05 bits per heavy atom. The highest BCUT2D eigenvalue weighted by Crippen LogP contribution is 2.33. The van der Waals surface area contributed by atoms with Crippen LogP contribution in [0.15, 0.2) is 42.5 Å². The molecule has 1 atom stereocenters. The predicted octanol–water partition coefficient (Wildman–Crippen LogP) is 3.70. The first-order valence-corrected chi connectivity index (χ1v) is 14.1. The fraction of sp³-hybridized carbons (Fsp3) is 0.462. The minimum absolute atomic E-state index is 0.0982. The van der Waals surface area contributed by atoms with Crippen molar-refractivity contribution >= 4 is 39.1 Å². The predicted molar refractivity (Wildman–Crippen MR) is 146 cm³/mol. The van der Waals surface area contributed by atoms with Gasteiger partial charge in [-0.25, -0.2) is 8.42 Å². The molecule has 2 amide bonds. The maximum Gasteiger partial charge on any atom is 0.244 e. The lowest BCUT2D eigenvalue weighted by Gasteiger charge is -2.33. The second kappa shape index (κ2) is 13.5. The van der Waals surface area contributed by atoms with E-state index in [2.05, 4.69) is 5.32 Å². The third kappa shape index (κ3) is 8.53. The number of benzene rings is 2. The maximum absolute atomic E-state index is 13.8. The molecule has 2 rings (SSSR count). The molecule has 0 aliphatic carbocycles. The summed E-state index contributed by atoms with van der Waals surface area (Å²) in [6.07, 6.45) is 1.36. The number of hydrogen-bond donors (Lipinski definition) is 1. The number of ether oxygens (including phenoxy) is 2. The Morgan fingerprint density at radius 3 is 2.22 bits per heavy atom. The Bertz CT molecular complexity index is 1170. The first-order valence-electron chi connectivity index (χ1n) is 11.9. The zero-order chi connectivity index (χ0) is 27.8. The molecule has 0 fully saturated rings. The topological polar surface area (TPSA) is 105 Å². The molecular formula is C26H36ClN3O6S. The Hall–Kier alpha value is -2.98. The summed E-state index contributed by atoms with van der Waals surface area (Å²) in [6.45, 7) is 5.79. The molecule has 11 heteroatoms. The second-order valence-corrected chi connectivity index (χ2v) is 11.4. The maximum atomic E-state index is 13.8. The van der Waals surface area contributed by atoms with E-state index in [-0.39, 0.29) is 29.8 Å². The van der Waals surface area contributed by atoms with Crippen molar-refractivity contribution in [3.05, 3.63) is 53.1 Å². The minimum Gasteiger partial charge on any atom is -0.497 e. The van der Waals surface area contributed by atoms with Gasteiger partial charge in [-0.3, -0.25) is 13.9 Å². The van der Waals surface area contributed by atoms with Gasteiger partial charge in [0.1, 0.15) is 24.1 Å². The molecule has 9 nitrogen and oxygen atoms in total. The summed E-state index contributed by atoms with van der Waals surface area (Å²) in [6, 6.07) is 10.8. The van der Waals surface area contributed by atoms with Gasteiger partial charge < -0.3 is 19.7 Å². The van der Waals surface area contributed by atoms with E-state index in [4.69, 9.17) is 21.1 Å². The quantitative estimate of drug-likeness (QED) is 0.405. The molecule has 0 radical (unpaired) electrons. The summed E-state index contributed by atoms with van der Waals surface area (Å²) in [4.78, 5) is 28.3. The van der Waals surface area contributed by atoms with Crippen LogP contribution in [0.4, 0.5) is 5.69 Å². The van der Waals surface area contributed by atoms with Crippen LogP contribution in [0.3, 0.4) is 0 Å². The molecule has 0 aromatic heterocycles. The molecule has 0 heterocycles. The van der Waals surface area contributed by atoms with E-state index in [1.165, 1.54) is 31.3 Å². The fourth-order valence-electron chi connectivity index (χ4n) is 3.71. The van der Waals surface area contributed by atoms with E-state index in [9.17, 15) is 18.0 Å². The number of halogens is 1. The molecule has 0 bridgehead atoms. The third-order valence-electron chi connectivity index (χ3n) is 5.67. The van der Waals surface area contributed by atoms with Crippen LogP contribution in [-0.4, -0.2) is 64.7 Å². The number of hydrogen-bond acceptors (Lipinski definition) is 6. The molecule has 0 unspecified atom stereocenters. The average Bonchev–Trinajstić information content (AvgIpc) is 2.85. The van der Waals surface area contributed by atoms with E-state index >= 15 is 0 Å². The molecule has 2 aromatic rings. The van der Waals surface area contributed by atoms with Crippen LogP contribution in [0.1, 0.15) is 32.8 Å². The number of carbonyl (C=O) groups excluding carboxylic acids is 2. The minimum atomic E-state index is -3.90. The van der Waals surface area contributed by atoms with Gasteiger partial charge in [0, 0.05) is 24.2 Å². The molecular weight excluding hydrogens is 518 g/mol. The molecule has 0 saturated heterocycles. The number of rotatable bonds is 13. The van der Waals surface area contributed by atoms with E-state index in [0.29, 0.717) is 23.7 Å². The SMILES string of the molecule is CC[C@@H](C(=O)NCC(C)C)N(Cc1ccc(Cl)cc1)C(=O)CN(c1ccc(OC)cc1OC)S(C)(=O)=O. The normalized spacial score (nSPS) is 12.1. The van der Waals surface area contributed by atoms with Crippen molar-refractivity contribution in [1.82, 2.24) is 10.2 Å². The van der Waals surface area contributed by atoms with Gasteiger partial charge in [0.25, 0.3) is 0 Å². The number of nitrogens with zero attached hydrogens (tertiary/aromatic N) is 2. The van der Waals surface area contributed by atoms with Crippen molar-refractivity contribution in [3.8, 4) is 11.5 Å². The number of anilines is 1. The van der Waals surface area contributed by atoms with Crippen LogP contribution in [0.25, 0.3) is 0 Å². The van der Waals surface area contributed by atoms with Gasteiger partial charge in [-0.05, 0) is 42.2 Å². The molecule has 37 heavy (non-hydrogen) atoms. The number of amides is 2. The van der Waals surface area contributed by atoms with Crippen molar-refractivity contribution in [2.45, 2.75) is 39.8 Å². The van der Waals surface area contributed by atoms with Gasteiger partial charge >= 0.3 is 0 Å². The first-order chi connectivity index (χ1) is 17.4. The number of sulfonamides is 1. The summed E-state index contributed by atoms with van der Waals surface area (Å²) in [7, 11) is -1.02. The van der Waals surface area contributed by atoms with Gasteiger partial charge in [-0.1, -0.05) is 44.5 Å². The molecule has 0 saturated carbocycles. The van der Waals surface area contributed by atoms with Gasteiger partial charge in [0.2, 0.25) is 21.8 Å². The van der Waals surface area contributed by atoms with Gasteiger partial charge in [0.15, 0.2) is 0 Å². The van der Waals surface area contributed by atoms with E-state index < -0.39 is 28.5 Å². The van der Waals surface area contributed by atoms with Crippen LogP contribution < -0.4 is 19.1 Å². The lowest BCUT2D eigenvalue weighted by atomic mass is 10.1. The van der Waals surface area contributed by atoms with Crippen LogP contribution in [0.5, 0.6) is 11.5 Å². The standard InChI is InChI=1S/C26H36ClN3O6S/c1-7-22(26(32)28-15-18(2)3)29(16-19-8-10-20(27)11-9-19)25(31)17-30(37(6,33)34)23-13-12-21(35-4)14-24(23)36-5/h8-14,18,22H,7,15-17H2,1-6H3,(H,28,32)/t22-/m0/s1. The highest BCUT2D eigenvalue weighted by atomic mass is 35.5. The van der Waals surface area contributed by atoms with E-state index in [0.717, 1.165) is 16.1 Å². The molecule has 2 aromatic carbocycles. The summed E-state index contributed by atoms with van der Waals surface area (Å²) >= 11 is 6.02. The largest absolute Gasteiger partial charge is 0.497 e. The van der Waals surface area contributed by atoms with Crippen molar-refractivity contribution in [2.24, 2.45) is 5.92 Å². The molecule has 204 valence electrons. The molecule has 0 spiro atoms. The molecule has 1 N–H and O–H groups in total. The zero-order valence-electron chi connectivity index (χ0n) is 22.2. The van der Waals surface area contributed by atoms with Crippen LogP contribution in [0.2, 0.25) is 5.02 Å². The van der Waals surface area contributed by atoms with Crippen molar-refractivity contribution in [2.75, 3.05) is 37.9 Å². The Kier molecular flexibility index (Phi) is 11.1. The second-order valence-electron chi connectivity index (χ2n) is 9.02. The van der Waals surface area contributed by atoms with Gasteiger partial charge in [0.05, 0.1) is 26.2 Å². The number of methoxy groups -OCH3 is 2. The highest BCUT2D eigenvalue weighted by molar-refractivity contribution is 7.92.